The molecule has 19 heavy (non-hydrogen) atoms. The Hall–Kier alpha value is -0.610. The Morgan fingerprint density at radius 2 is 2.11 bits per heavy atom. The van der Waals surface area contributed by atoms with Gasteiger partial charge < -0.3 is 15.4 Å². The highest BCUT2D eigenvalue weighted by Crippen LogP contribution is 2.51. The van der Waals surface area contributed by atoms with E-state index in [-0.39, 0.29) is 11.3 Å². The van der Waals surface area contributed by atoms with Crippen molar-refractivity contribution in [1.29, 1.82) is 0 Å². The van der Waals surface area contributed by atoms with Crippen LogP contribution in [0.15, 0.2) is 0 Å². The molecule has 3 aliphatic rings. The third kappa shape index (κ3) is 2.65. The molecular formula is C15H26N2O2. The van der Waals surface area contributed by atoms with E-state index >= 15 is 0 Å². The van der Waals surface area contributed by atoms with E-state index in [0.29, 0.717) is 30.5 Å². The van der Waals surface area contributed by atoms with Crippen molar-refractivity contribution in [2.24, 2.45) is 11.3 Å². The molecule has 1 aliphatic heterocycles. The summed E-state index contributed by atoms with van der Waals surface area (Å²) in [6.07, 6.45) is 5.78. The Morgan fingerprint density at radius 1 is 1.32 bits per heavy atom. The van der Waals surface area contributed by atoms with Crippen LogP contribution in [0.1, 0.15) is 46.0 Å². The Kier molecular flexibility index (Phi) is 3.56. The normalized spacial score (nSPS) is 36.2. The Morgan fingerprint density at radius 3 is 2.84 bits per heavy atom. The molecule has 0 radical (unpaired) electrons. The molecule has 0 aromatic carbocycles. The van der Waals surface area contributed by atoms with Crippen molar-refractivity contribution in [3.8, 4) is 0 Å². The average Bonchev–Trinajstić information content (AvgIpc) is 3.18. The third-order valence-electron chi connectivity index (χ3n) is 4.99. The van der Waals surface area contributed by atoms with E-state index in [1.165, 1.54) is 12.8 Å². The first-order valence-electron chi connectivity index (χ1n) is 7.73. The molecule has 2 saturated carbocycles. The van der Waals surface area contributed by atoms with Crippen LogP contribution in [0.2, 0.25) is 0 Å². The molecule has 2 aliphatic carbocycles. The van der Waals surface area contributed by atoms with Crippen LogP contribution in [-0.4, -0.2) is 37.2 Å². The molecule has 4 heteroatoms. The van der Waals surface area contributed by atoms with E-state index in [1.54, 1.807) is 0 Å². The molecule has 0 spiro atoms. The zero-order valence-electron chi connectivity index (χ0n) is 12.1. The standard InChI is InChI=1S/C15H26N2O2/c1-15(2)13(11-4-3-9-19-14(11)15)16-8-7-12(18)17-10-5-6-10/h10-11,13-14,16H,3-9H2,1-2H3,(H,17,18). The summed E-state index contributed by atoms with van der Waals surface area (Å²) in [5.41, 5.74) is 0.206. The van der Waals surface area contributed by atoms with Gasteiger partial charge in [0.05, 0.1) is 6.10 Å². The summed E-state index contributed by atoms with van der Waals surface area (Å²) in [4.78, 5) is 11.6. The SMILES string of the molecule is CC1(C)C(NCCC(=O)NC2CC2)C2CCCOC21. The lowest BCUT2D eigenvalue weighted by atomic mass is 9.55. The van der Waals surface area contributed by atoms with Gasteiger partial charge in [-0.15, -0.1) is 0 Å². The van der Waals surface area contributed by atoms with E-state index in [9.17, 15) is 4.79 Å². The van der Waals surface area contributed by atoms with E-state index in [2.05, 4.69) is 24.5 Å². The van der Waals surface area contributed by atoms with E-state index in [0.717, 1.165) is 26.0 Å². The number of nitrogens with one attached hydrogen (secondary N) is 2. The molecule has 108 valence electrons. The molecule has 3 fully saturated rings. The zero-order chi connectivity index (χ0) is 13.5. The molecule has 2 N–H and O–H groups in total. The minimum atomic E-state index is 0.198. The highest BCUT2D eigenvalue weighted by atomic mass is 16.5. The lowest BCUT2D eigenvalue weighted by Crippen LogP contribution is -2.69. The summed E-state index contributed by atoms with van der Waals surface area (Å²) in [6, 6.07) is 0.982. The average molecular weight is 266 g/mol. The lowest BCUT2D eigenvalue weighted by molar-refractivity contribution is -0.192. The zero-order valence-corrected chi connectivity index (χ0v) is 12.1. The van der Waals surface area contributed by atoms with Crippen molar-refractivity contribution in [1.82, 2.24) is 10.6 Å². The summed E-state index contributed by atoms with van der Waals surface area (Å²) in [6.45, 7) is 6.26. The van der Waals surface area contributed by atoms with Gasteiger partial charge in [0.1, 0.15) is 0 Å². The molecular weight excluding hydrogens is 240 g/mol. The first-order valence-corrected chi connectivity index (χ1v) is 7.73. The fraction of sp³-hybridized carbons (Fsp3) is 0.933. The first-order chi connectivity index (χ1) is 9.09. The quantitative estimate of drug-likeness (QED) is 0.792. The molecule has 4 nitrogen and oxygen atoms in total. The molecule has 0 bridgehead atoms. The van der Waals surface area contributed by atoms with Crippen LogP contribution in [0.5, 0.6) is 0 Å². The minimum absolute atomic E-state index is 0.198. The smallest absolute Gasteiger partial charge is 0.221 e. The van der Waals surface area contributed by atoms with Crippen LogP contribution in [0.25, 0.3) is 0 Å². The van der Waals surface area contributed by atoms with Crippen molar-refractivity contribution < 1.29 is 9.53 Å². The van der Waals surface area contributed by atoms with Gasteiger partial charge in [-0.3, -0.25) is 4.79 Å². The van der Waals surface area contributed by atoms with Crippen LogP contribution >= 0.6 is 0 Å². The fourth-order valence-electron chi connectivity index (χ4n) is 3.81. The van der Waals surface area contributed by atoms with Gasteiger partial charge in [0, 0.05) is 43.0 Å². The monoisotopic (exact) mass is 266 g/mol. The summed E-state index contributed by atoms with van der Waals surface area (Å²) in [5, 5.41) is 6.63. The second-order valence-electron chi connectivity index (χ2n) is 6.94. The molecule has 1 saturated heterocycles. The van der Waals surface area contributed by atoms with E-state index in [4.69, 9.17) is 4.74 Å². The molecule has 3 unspecified atom stereocenters. The van der Waals surface area contributed by atoms with Crippen molar-refractivity contribution in [2.45, 2.75) is 64.1 Å². The predicted molar refractivity (Wildman–Crippen MR) is 73.8 cm³/mol. The predicted octanol–water partition coefficient (Wildman–Crippen LogP) is 1.45. The van der Waals surface area contributed by atoms with Gasteiger partial charge in [-0.1, -0.05) is 13.8 Å². The number of ether oxygens (including phenoxy) is 1. The largest absolute Gasteiger partial charge is 0.377 e. The summed E-state index contributed by atoms with van der Waals surface area (Å²) < 4.78 is 5.89. The number of carbonyl (C=O) groups is 1. The van der Waals surface area contributed by atoms with Crippen LogP contribution in [0, 0.1) is 11.3 Å². The van der Waals surface area contributed by atoms with Crippen LogP contribution < -0.4 is 10.6 Å². The maximum absolute atomic E-state index is 11.6. The fourth-order valence-corrected chi connectivity index (χ4v) is 3.81. The maximum atomic E-state index is 11.6. The number of rotatable bonds is 5. The molecule has 0 aromatic heterocycles. The highest BCUT2D eigenvalue weighted by molar-refractivity contribution is 5.76. The molecule has 3 rings (SSSR count). The second kappa shape index (κ2) is 5.06. The number of carbonyl (C=O) groups excluding carboxylic acids is 1. The minimum Gasteiger partial charge on any atom is -0.377 e. The molecule has 1 amide bonds. The number of amides is 1. The first kappa shape index (κ1) is 13.4. The maximum Gasteiger partial charge on any atom is 0.221 e. The van der Waals surface area contributed by atoms with Gasteiger partial charge in [-0.05, 0) is 25.7 Å². The van der Waals surface area contributed by atoms with Crippen molar-refractivity contribution in [3.05, 3.63) is 0 Å². The highest BCUT2D eigenvalue weighted by Gasteiger charge is 2.57. The van der Waals surface area contributed by atoms with Crippen LogP contribution in [0.3, 0.4) is 0 Å². The van der Waals surface area contributed by atoms with Crippen molar-refractivity contribution in [3.63, 3.8) is 0 Å². The Balaban J connectivity index is 1.42. The Labute approximate surface area is 115 Å². The number of hydrogen-bond donors (Lipinski definition) is 2. The second-order valence-corrected chi connectivity index (χ2v) is 6.94. The van der Waals surface area contributed by atoms with Crippen LogP contribution in [0.4, 0.5) is 0 Å². The molecule has 0 aromatic rings. The van der Waals surface area contributed by atoms with E-state index in [1.807, 2.05) is 0 Å². The van der Waals surface area contributed by atoms with Crippen LogP contribution in [-0.2, 0) is 9.53 Å². The topological polar surface area (TPSA) is 50.4 Å². The summed E-state index contributed by atoms with van der Waals surface area (Å²) >= 11 is 0. The summed E-state index contributed by atoms with van der Waals surface area (Å²) in [7, 11) is 0. The van der Waals surface area contributed by atoms with Gasteiger partial charge in [0.2, 0.25) is 5.91 Å². The third-order valence-corrected chi connectivity index (χ3v) is 4.99. The van der Waals surface area contributed by atoms with Gasteiger partial charge in [-0.25, -0.2) is 0 Å². The Bertz CT molecular complexity index is 352. The van der Waals surface area contributed by atoms with Gasteiger partial charge in [0.15, 0.2) is 0 Å². The van der Waals surface area contributed by atoms with Gasteiger partial charge >= 0.3 is 0 Å². The van der Waals surface area contributed by atoms with E-state index < -0.39 is 0 Å². The van der Waals surface area contributed by atoms with Gasteiger partial charge in [0.25, 0.3) is 0 Å². The van der Waals surface area contributed by atoms with Gasteiger partial charge in [-0.2, -0.15) is 0 Å². The number of hydrogen-bond acceptors (Lipinski definition) is 3. The van der Waals surface area contributed by atoms with Crippen molar-refractivity contribution >= 4 is 5.91 Å². The van der Waals surface area contributed by atoms with Crippen molar-refractivity contribution in [2.75, 3.05) is 13.2 Å². The molecule has 1 heterocycles. The number of fused-ring (bicyclic) bond motifs is 1. The lowest BCUT2D eigenvalue weighted by Gasteiger charge is -2.60. The summed E-state index contributed by atoms with van der Waals surface area (Å²) in [5.74, 6) is 0.846. The molecule has 3 atom stereocenters.